The van der Waals surface area contributed by atoms with E-state index in [1.807, 2.05) is 60.0 Å². The van der Waals surface area contributed by atoms with Crippen molar-refractivity contribution in [3.63, 3.8) is 0 Å². The van der Waals surface area contributed by atoms with Gasteiger partial charge in [-0.05, 0) is 56.0 Å². The summed E-state index contributed by atoms with van der Waals surface area (Å²) in [6, 6.07) is 20.5. The predicted molar refractivity (Wildman–Crippen MR) is 124 cm³/mol. The molecule has 35 heavy (non-hydrogen) atoms. The largest absolute Gasteiger partial charge is 1.00 e. The molecule has 6 rings (SSSR count). The van der Waals surface area contributed by atoms with Crippen LogP contribution in [0.2, 0.25) is 0 Å². The number of carbonyl (C=O) groups excluding carboxylic acids is 2. The fraction of sp³-hybridized carbons (Fsp3) is 0. The van der Waals surface area contributed by atoms with Gasteiger partial charge in [-0.1, -0.05) is 41.4 Å². The van der Waals surface area contributed by atoms with E-state index in [9.17, 15) is 9.59 Å². The summed E-state index contributed by atoms with van der Waals surface area (Å²) in [7, 11) is 0. The molecule has 0 bridgehead atoms. The summed E-state index contributed by atoms with van der Waals surface area (Å²) in [4.78, 5) is 32.1. The number of azo groups is 1. The lowest BCUT2D eigenvalue weighted by Gasteiger charge is -2.08. The van der Waals surface area contributed by atoms with Crippen molar-refractivity contribution in [2.75, 3.05) is 0 Å². The molecule has 2 aromatic carbocycles. The van der Waals surface area contributed by atoms with Crippen molar-refractivity contribution >= 4 is 35.3 Å². The third kappa shape index (κ3) is 4.16. The SMILES string of the molecule is O=C1N=NC(=O)c2cc(-n3nc(/C=C/c4ccccc4)n[n+]3-c3cc4cccsc-4n3)ccc21.[Cl-]. The fourth-order valence-electron chi connectivity index (χ4n) is 3.60. The van der Waals surface area contributed by atoms with Crippen LogP contribution in [0.3, 0.4) is 0 Å². The van der Waals surface area contributed by atoms with Crippen LogP contribution in [-0.4, -0.2) is 31.8 Å². The van der Waals surface area contributed by atoms with Gasteiger partial charge in [-0.25, -0.2) is 0 Å². The minimum Gasteiger partial charge on any atom is -1.00 e. The summed E-state index contributed by atoms with van der Waals surface area (Å²) >= 11 is 1.53. The zero-order valence-electron chi connectivity index (χ0n) is 17.8. The third-order valence-electron chi connectivity index (χ3n) is 5.21. The zero-order valence-corrected chi connectivity index (χ0v) is 19.4. The van der Waals surface area contributed by atoms with E-state index in [0.29, 0.717) is 17.3 Å². The Labute approximate surface area is 208 Å². The van der Waals surface area contributed by atoms with Gasteiger partial charge in [0.25, 0.3) is 17.6 Å². The highest BCUT2D eigenvalue weighted by molar-refractivity contribution is 7.12. The summed E-state index contributed by atoms with van der Waals surface area (Å²) in [6.45, 7) is 0. The van der Waals surface area contributed by atoms with E-state index in [1.165, 1.54) is 11.3 Å². The first-order chi connectivity index (χ1) is 16.7. The highest BCUT2D eigenvalue weighted by Crippen LogP contribution is 2.26. The first-order valence-corrected chi connectivity index (χ1v) is 11.2. The van der Waals surface area contributed by atoms with Crippen LogP contribution >= 0.6 is 11.3 Å². The highest BCUT2D eigenvalue weighted by atomic mass is 35.5. The van der Waals surface area contributed by atoms with Crippen molar-refractivity contribution in [1.29, 1.82) is 0 Å². The number of amides is 2. The lowest BCUT2D eigenvalue weighted by molar-refractivity contribution is -0.737. The van der Waals surface area contributed by atoms with Crippen LogP contribution in [0, 0.1) is 0 Å². The maximum Gasteiger partial charge on any atom is 0.308 e. The molecule has 170 valence electrons. The molecule has 3 aliphatic heterocycles. The Bertz CT molecular complexity index is 1580. The Morgan fingerprint density at radius 3 is 2.46 bits per heavy atom. The van der Waals surface area contributed by atoms with Crippen molar-refractivity contribution < 1.29 is 26.8 Å². The van der Waals surface area contributed by atoms with Crippen molar-refractivity contribution in [2.24, 2.45) is 10.2 Å². The number of halogens is 1. The maximum absolute atomic E-state index is 12.3. The fourth-order valence-corrected chi connectivity index (χ4v) is 4.29. The van der Waals surface area contributed by atoms with Crippen LogP contribution in [0.1, 0.15) is 32.1 Å². The zero-order chi connectivity index (χ0) is 23.1. The topological polar surface area (TPSA) is 106 Å². The predicted octanol–water partition coefficient (Wildman–Crippen LogP) is 1.03. The van der Waals surface area contributed by atoms with Crippen molar-refractivity contribution in [3.05, 3.63) is 94.6 Å². The molecular weight excluding hydrogens is 486 g/mol. The molecule has 9 nitrogen and oxygen atoms in total. The summed E-state index contributed by atoms with van der Waals surface area (Å²) in [5, 5.41) is 18.9. The van der Waals surface area contributed by atoms with Gasteiger partial charge < -0.3 is 12.4 Å². The Morgan fingerprint density at radius 2 is 1.66 bits per heavy atom. The number of aromatic nitrogens is 5. The standard InChI is InChI=1S/C24H14N7O2S.ClH/c32-22-18-10-9-17(14-19(18)23(33)27-26-22)30-28-20(11-8-15-5-2-1-3-6-15)29-31(30)21-13-16-7-4-12-34-24(16)25-21;/h1-14H;1H/q+1;/p-1/b11-8+;. The van der Waals surface area contributed by atoms with Crippen LogP contribution in [0.25, 0.3) is 34.2 Å². The molecule has 11 heteroatoms. The molecule has 2 amide bonds. The molecular formula is C24H14ClN7O2S. The smallest absolute Gasteiger partial charge is 0.308 e. The number of tetrazole rings is 1. The van der Waals surface area contributed by atoms with E-state index in [-0.39, 0.29) is 23.5 Å². The van der Waals surface area contributed by atoms with Gasteiger partial charge in [-0.15, -0.1) is 21.6 Å². The van der Waals surface area contributed by atoms with Crippen molar-refractivity contribution in [1.82, 2.24) is 20.0 Å². The molecule has 3 aliphatic rings. The summed E-state index contributed by atoms with van der Waals surface area (Å²) in [5.74, 6) is -0.112. The molecule has 4 heterocycles. The molecule has 0 unspecified atom stereocenters. The van der Waals surface area contributed by atoms with Crippen LogP contribution in [0.4, 0.5) is 0 Å². The summed E-state index contributed by atoms with van der Waals surface area (Å²) < 4.78 is 0. The highest BCUT2D eigenvalue weighted by Gasteiger charge is 2.27. The van der Waals surface area contributed by atoms with Crippen LogP contribution in [0.15, 0.2) is 82.3 Å². The summed E-state index contributed by atoms with van der Waals surface area (Å²) in [6.07, 6.45) is 3.71. The van der Waals surface area contributed by atoms with Gasteiger partial charge in [0.05, 0.1) is 11.1 Å². The Hall–Kier alpha value is -4.41. The van der Waals surface area contributed by atoms with Gasteiger partial charge in [0.1, 0.15) is 5.69 Å². The molecule has 3 aromatic rings. The quantitative estimate of drug-likeness (QED) is 0.343. The van der Waals surface area contributed by atoms with Gasteiger partial charge >= 0.3 is 5.82 Å². The second-order valence-electron chi connectivity index (χ2n) is 7.41. The minimum atomic E-state index is -0.578. The Morgan fingerprint density at radius 1 is 0.857 bits per heavy atom. The second-order valence-corrected chi connectivity index (χ2v) is 8.30. The summed E-state index contributed by atoms with van der Waals surface area (Å²) in [5.41, 5.74) is 2.90. The lowest BCUT2D eigenvalue weighted by atomic mass is 10.0. The molecule has 0 saturated carbocycles. The maximum atomic E-state index is 12.3. The first kappa shape index (κ1) is 22.4. The number of fused-ring (bicyclic) bond motifs is 2. The molecule has 0 N–H and O–H groups in total. The Kier molecular flexibility index (Phi) is 5.81. The number of hydrogen-bond acceptors (Lipinski definition) is 6. The van der Waals surface area contributed by atoms with Gasteiger partial charge in [-0.2, -0.15) is 0 Å². The van der Waals surface area contributed by atoms with Crippen molar-refractivity contribution in [3.8, 4) is 22.1 Å². The number of hydrogen-bond donors (Lipinski definition) is 0. The van der Waals surface area contributed by atoms with Crippen molar-refractivity contribution in [2.45, 2.75) is 0 Å². The monoisotopic (exact) mass is 499 g/mol. The van der Waals surface area contributed by atoms with E-state index in [0.717, 1.165) is 16.1 Å². The molecule has 1 aromatic heterocycles. The van der Waals surface area contributed by atoms with E-state index < -0.39 is 11.8 Å². The molecule has 0 fully saturated rings. The van der Waals surface area contributed by atoms with Crippen LogP contribution in [0.5, 0.6) is 0 Å². The molecule has 0 saturated heterocycles. The van der Waals surface area contributed by atoms with Gasteiger partial charge in [0.15, 0.2) is 5.01 Å². The number of nitrogens with zero attached hydrogens (tertiary/aromatic N) is 7. The minimum absolute atomic E-state index is 0. The van der Waals surface area contributed by atoms with Crippen LogP contribution in [-0.2, 0) is 0 Å². The average molecular weight is 500 g/mol. The van der Waals surface area contributed by atoms with Crippen LogP contribution < -0.4 is 17.2 Å². The molecule has 0 aliphatic carbocycles. The van der Waals surface area contributed by atoms with Gasteiger partial charge in [0, 0.05) is 22.8 Å². The second kappa shape index (κ2) is 9.09. The third-order valence-corrected chi connectivity index (χ3v) is 6.05. The lowest BCUT2D eigenvalue weighted by Crippen LogP contribution is -3.00. The van der Waals surface area contributed by atoms with E-state index in [1.54, 1.807) is 33.9 Å². The van der Waals surface area contributed by atoms with Gasteiger partial charge in [0.2, 0.25) is 0 Å². The Balaban J connectivity index is 0.00000253. The molecule has 0 spiro atoms. The normalized spacial score (nSPS) is 12.8. The number of carbonyl (C=O) groups is 2. The van der Waals surface area contributed by atoms with Gasteiger partial charge in [-0.3, -0.25) is 9.59 Å². The average Bonchev–Trinajstić information content (AvgIpc) is 3.50. The number of benzene rings is 2. The number of rotatable bonds is 4. The molecule has 0 radical (unpaired) electrons. The first-order valence-electron chi connectivity index (χ1n) is 10.3. The van der Waals surface area contributed by atoms with E-state index in [4.69, 9.17) is 4.98 Å². The van der Waals surface area contributed by atoms with E-state index in [2.05, 4.69) is 20.4 Å². The van der Waals surface area contributed by atoms with E-state index >= 15 is 0 Å². The molecule has 0 atom stereocenters.